The molecular formula is C28H25F5N2O5. The van der Waals surface area contributed by atoms with E-state index < -0.39 is 36.9 Å². The van der Waals surface area contributed by atoms with Crippen LogP contribution in [0.2, 0.25) is 0 Å². The van der Waals surface area contributed by atoms with Gasteiger partial charge in [0, 0.05) is 29.8 Å². The molecule has 0 aliphatic heterocycles. The van der Waals surface area contributed by atoms with Gasteiger partial charge in [-0.05, 0) is 78.2 Å². The van der Waals surface area contributed by atoms with Crippen LogP contribution in [0.25, 0.3) is 6.08 Å². The Morgan fingerprint density at radius 2 is 1.50 bits per heavy atom. The smallest absolute Gasteiger partial charge is 0.453 e. The van der Waals surface area contributed by atoms with Gasteiger partial charge < -0.3 is 26.0 Å². The zero-order valence-electron chi connectivity index (χ0n) is 20.9. The van der Waals surface area contributed by atoms with Crippen LogP contribution < -0.4 is 20.9 Å². The van der Waals surface area contributed by atoms with Crippen LogP contribution in [0.4, 0.5) is 33.3 Å². The number of benzene rings is 3. The average Bonchev–Trinajstić information content (AvgIpc) is 2.89. The lowest BCUT2D eigenvalue weighted by Gasteiger charge is -2.19. The van der Waals surface area contributed by atoms with Crippen LogP contribution in [-0.4, -0.2) is 35.8 Å². The zero-order chi connectivity index (χ0) is 29.5. The molecule has 0 amide bonds. The highest BCUT2D eigenvalue weighted by atomic mass is 19.4. The Labute approximate surface area is 225 Å². The van der Waals surface area contributed by atoms with E-state index in [0.29, 0.717) is 22.5 Å². The van der Waals surface area contributed by atoms with Crippen LogP contribution in [0.3, 0.4) is 0 Å². The molecule has 0 aliphatic carbocycles. The quantitative estimate of drug-likeness (QED) is 0.0638. The summed E-state index contributed by atoms with van der Waals surface area (Å²) in [5, 5.41) is 9.61. The Hall–Kier alpha value is -4.61. The van der Waals surface area contributed by atoms with E-state index in [4.69, 9.17) is 20.9 Å². The first kappa shape index (κ1) is 29.9. The Morgan fingerprint density at radius 3 is 2.10 bits per heavy atom. The Kier molecular flexibility index (Phi) is 9.35. The van der Waals surface area contributed by atoms with Crippen molar-refractivity contribution in [2.75, 3.05) is 18.1 Å². The molecule has 0 unspecified atom stereocenters. The van der Waals surface area contributed by atoms with Gasteiger partial charge in [-0.25, -0.2) is 9.59 Å². The minimum Gasteiger partial charge on any atom is -0.494 e. The molecule has 0 saturated carbocycles. The van der Waals surface area contributed by atoms with Gasteiger partial charge in [-0.1, -0.05) is 12.1 Å². The minimum absolute atomic E-state index is 0.0443. The van der Waals surface area contributed by atoms with Crippen LogP contribution in [0.5, 0.6) is 11.5 Å². The number of carbonyl (C=O) groups is 2. The number of rotatable bonds is 11. The Bertz CT molecular complexity index is 1370. The molecule has 212 valence electrons. The monoisotopic (exact) mass is 564 g/mol. The van der Waals surface area contributed by atoms with Gasteiger partial charge >= 0.3 is 24.0 Å². The molecule has 0 radical (unpaired) electrons. The second-order valence-corrected chi connectivity index (χ2v) is 8.75. The molecule has 40 heavy (non-hydrogen) atoms. The Morgan fingerprint density at radius 1 is 0.875 bits per heavy atom. The van der Waals surface area contributed by atoms with Gasteiger partial charge in [0.2, 0.25) is 0 Å². The largest absolute Gasteiger partial charge is 0.494 e. The number of hydrogen-bond donors (Lipinski definition) is 3. The van der Waals surface area contributed by atoms with E-state index >= 15 is 0 Å². The minimum atomic E-state index is -5.61. The van der Waals surface area contributed by atoms with E-state index in [1.807, 2.05) is 0 Å². The number of nitrogens with two attached hydrogens (primary N) is 2. The highest BCUT2D eigenvalue weighted by Gasteiger charge is 2.56. The van der Waals surface area contributed by atoms with E-state index in [-0.39, 0.29) is 35.7 Å². The van der Waals surface area contributed by atoms with Crippen molar-refractivity contribution in [2.24, 2.45) is 0 Å². The predicted molar refractivity (Wildman–Crippen MR) is 138 cm³/mol. The van der Waals surface area contributed by atoms with Crippen molar-refractivity contribution in [1.29, 1.82) is 0 Å². The number of hydrogen-bond acceptors (Lipinski definition) is 6. The molecule has 7 nitrogen and oxygen atoms in total. The maximum Gasteiger partial charge on any atom is 0.453 e. The summed E-state index contributed by atoms with van der Waals surface area (Å²) in [5.41, 5.74) is 13.8. The fourth-order valence-corrected chi connectivity index (χ4v) is 3.48. The first-order valence-electron chi connectivity index (χ1n) is 11.8. The third-order valence-electron chi connectivity index (χ3n) is 5.66. The third kappa shape index (κ3) is 8.19. The maximum atomic E-state index is 12.9. The molecule has 12 heteroatoms. The molecule has 3 aromatic carbocycles. The topological polar surface area (TPSA) is 125 Å². The molecule has 0 heterocycles. The number of carboxylic acids is 1. The SMILES string of the molecule is Nc1ccc(N)c(CC(=Cc2ccc(OC(=O)c3ccc(OCCCC(F)(F)C(F)(F)F)cc3)cc2)C(=O)O)c1. The molecule has 0 spiro atoms. The van der Waals surface area contributed by atoms with E-state index in [2.05, 4.69) is 0 Å². The van der Waals surface area contributed by atoms with Crippen molar-refractivity contribution in [3.8, 4) is 11.5 Å². The van der Waals surface area contributed by atoms with Gasteiger partial charge in [0.25, 0.3) is 0 Å². The second-order valence-electron chi connectivity index (χ2n) is 8.75. The highest BCUT2D eigenvalue weighted by Crippen LogP contribution is 2.38. The van der Waals surface area contributed by atoms with Crippen LogP contribution >= 0.6 is 0 Å². The number of halogens is 5. The number of nitrogen functional groups attached to an aromatic ring is 2. The molecule has 3 aromatic rings. The Balaban J connectivity index is 1.56. The van der Waals surface area contributed by atoms with E-state index in [1.165, 1.54) is 42.5 Å². The summed E-state index contributed by atoms with van der Waals surface area (Å²) < 4.78 is 72.9. The summed E-state index contributed by atoms with van der Waals surface area (Å²) in [6.07, 6.45) is -6.03. The van der Waals surface area contributed by atoms with Crippen LogP contribution in [0, 0.1) is 0 Å². The highest BCUT2D eigenvalue weighted by molar-refractivity contribution is 5.93. The molecule has 0 aromatic heterocycles. The predicted octanol–water partition coefficient (Wildman–Crippen LogP) is 6.14. The lowest BCUT2D eigenvalue weighted by Crippen LogP contribution is -2.36. The van der Waals surface area contributed by atoms with Gasteiger partial charge in [0.1, 0.15) is 11.5 Å². The van der Waals surface area contributed by atoms with Crippen molar-refractivity contribution >= 4 is 29.4 Å². The van der Waals surface area contributed by atoms with E-state index in [0.717, 1.165) is 0 Å². The summed E-state index contributed by atoms with van der Waals surface area (Å²) in [5.74, 6) is -6.28. The van der Waals surface area contributed by atoms with Gasteiger partial charge in [-0.3, -0.25) is 0 Å². The van der Waals surface area contributed by atoms with Crippen molar-refractivity contribution in [2.45, 2.75) is 31.4 Å². The van der Waals surface area contributed by atoms with Gasteiger partial charge in [0.05, 0.1) is 12.2 Å². The van der Waals surface area contributed by atoms with Crippen molar-refractivity contribution in [1.82, 2.24) is 0 Å². The zero-order valence-corrected chi connectivity index (χ0v) is 20.9. The molecule has 0 fully saturated rings. The number of carbonyl (C=O) groups excluding carboxylic acids is 1. The summed E-state index contributed by atoms with van der Waals surface area (Å²) in [7, 11) is 0. The number of carboxylic acid groups (broad SMARTS) is 1. The van der Waals surface area contributed by atoms with Crippen LogP contribution in [0.1, 0.15) is 34.3 Å². The molecule has 0 atom stereocenters. The summed E-state index contributed by atoms with van der Waals surface area (Å²) in [6.45, 7) is -0.368. The van der Waals surface area contributed by atoms with E-state index in [9.17, 15) is 36.6 Å². The fraction of sp³-hybridized carbons (Fsp3) is 0.214. The second kappa shape index (κ2) is 12.5. The fourth-order valence-electron chi connectivity index (χ4n) is 3.48. The molecular weight excluding hydrogens is 539 g/mol. The summed E-state index contributed by atoms with van der Waals surface area (Å²) in [6, 6.07) is 16.3. The summed E-state index contributed by atoms with van der Waals surface area (Å²) >= 11 is 0. The average molecular weight is 565 g/mol. The lowest BCUT2D eigenvalue weighted by molar-refractivity contribution is -0.284. The molecule has 0 bridgehead atoms. The molecule has 0 saturated heterocycles. The molecule has 5 N–H and O–H groups in total. The van der Waals surface area contributed by atoms with Gasteiger partial charge in [0.15, 0.2) is 0 Å². The number of anilines is 2. The van der Waals surface area contributed by atoms with Crippen LogP contribution in [0.15, 0.2) is 72.3 Å². The van der Waals surface area contributed by atoms with Crippen molar-refractivity contribution in [3.63, 3.8) is 0 Å². The van der Waals surface area contributed by atoms with Crippen molar-refractivity contribution < 1.29 is 46.1 Å². The number of esters is 1. The first-order valence-corrected chi connectivity index (χ1v) is 11.8. The van der Waals surface area contributed by atoms with Crippen molar-refractivity contribution in [3.05, 3.63) is 89.0 Å². The van der Waals surface area contributed by atoms with Gasteiger partial charge in [-0.2, -0.15) is 22.0 Å². The first-order chi connectivity index (χ1) is 18.7. The van der Waals surface area contributed by atoms with Crippen LogP contribution in [-0.2, 0) is 11.2 Å². The molecule has 0 aliphatic rings. The van der Waals surface area contributed by atoms with Gasteiger partial charge in [-0.15, -0.1) is 0 Å². The number of ether oxygens (including phenoxy) is 2. The number of aliphatic carboxylic acids is 1. The maximum absolute atomic E-state index is 12.9. The van der Waals surface area contributed by atoms with E-state index in [1.54, 1.807) is 30.3 Å². The third-order valence-corrected chi connectivity index (χ3v) is 5.66. The summed E-state index contributed by atoms with van der Waals surface area (Å²) in [4.78, 5) is 24.2. The lowest BCUT2D eigenvalue weighted by atomic mass is 10.0. The number of alkyl halides is 5. The molecule has 3 rings (SSSR count). The standard InChI is InChI=1S/C28H25F5N2O5/c29-27(30,28(31,32)33)12-1-13-39-22-9-4-18(5-10-22)26(38)40-23-7-2-17(3-8-23)14-20(25(36)37)15-19-16-21(34)6-11-24(19)35/h2-11,14,16H,1,12-13,15,34-35H2,(H,36,37). The normalized spacial score (nSPS) is 12.2.